The van der Waals surface area contributed by atoms with Gasteiger partial charge in [-0.05, 0) is 19.9 Å². The van der Waals surface area contributed by atoms with Crippen LogP contribution < -0.4 is 5.32 Å². The van der Waals surface area contributed by atoms with Crippen molar-refractivity contribution in [1.82, 2.24) is 5.32 Å². The van der Waals surface area contributed by atoms with E-state index in [1.165, 1.54) is 37.7 Å². The highest BCUT2D eigenvalue weighted by Gasteiger charge is 2.28. The van der Waals surface area contributed by atoms with Crippen LogP contribution in [0.5, 0.6) is 0 Å². The number of nitrogens with one attached hydrogen (secondary N) is 1. The van der Waals surface area contributed by atoms with Crippen LogP contribution in [0.3, 0.4) is 0 Å². The van der Waals surface area contributed by atoms with E-state index in [1.807, 2.05) is 13.8 Å². The number of aliphatic carboxylic acids is 1. The van der Waals surface area contributed by atoms with Crippen LogP contribution in [0.25, 0.3) is 0 Å². The molecule has 1 rings (SSSR count). The molecular formula is C15H20N2O5S. The zero-order valence-electron chi connectivity index (χ0n) is 13.5. The highest BCUT2D eigenvalue weighted by atomic mass is 32.2. The van der Waals surface area contributed by atoms with Gasteiger partial charge in [0.15, 0.2) is 0 Å². The molecule has 0 spiro atoms. The number of nitro benzene ring substituents is 1. The third-order valence-electron chi connectivity index (χ3n) is 3.05. The number of amides is 1. The second-order valence-corrected chi connectivity index (χ2v) is 7.59. The molecule has 2 N–H and O–H groups in total. The number of hydrogen-bond donors (Lipinski definition) is 2. The van der Waals surface area contributed by atoms with Crippen molar-refractivity contribution >= 4 is 29.3 Å². The number of carbonyl (C=O) groups is 2. The molecule has 0 saturated carbocycles. The van der Waals surface area contributed by atoms with Crippen molar-refractivity contribution in [2.45, 2.75) is 37.8 Å². The second-order valence-electron chi connectivity index (χ2n) is 5.98. The molecule has 0 aliphatic heterocycles. The van der Waals surface area contributed by atoms with Crippen molar-refractivity contribution in [3.8, 4) is 0 Å². The molecular weight excluding hydrogens is 320 g/mol. The molecule has 1 amide bonds. The number of rotatable bonds is 7. The maximum atomic E-state index is 12.4. The van der Waals surface area contributed by atoms with Crippen LogP contribution in [-0.2, 0) is 4.79 Å². The molecule has 0 atom stereocenters. The lowest BCUT2D eigenvalue weighted by molar-refractivity contribution is -0.384. The van der Waals surface area contributed by atoms with E-state index in [1.54, 1.807) is 6.07 Å². The number of carboxylic acid groups (broad SMARTS) is 1. The molecule has 0 bridgehead atoms. The standard InChI is InChI=1S/C15H20N2O5S/c1-9(2)23-12-6-5-10(17(21)22)7-11(12)13(18)16-8-15(3,4)14(19)20/h5-7,9H,8H2,1-4H3,(H,16,18)(H,19,20). The van der Waals surface area contributed by atoms with Gasteiger partial charge in [-0.25, -0.2) is 0 Å². The number of nitro groups is 1. The quantitative estimate of drug-likeness (QED) is 0.449. The van der Waals surface area contributed by atoms with Crippen molar-refractivity contribution in [2.24, 2.45) is 5.41 Å². The van der Waals surface area contributed by atoms with Gasteiger partial charge in [0, 0.05) is 28.8 Å². The van der Waals surface area contributed by atoms with Crippen LogP contribution in [0, 0.1) is 15.5 Å². The Balaban J connectivity index is 3.07. The second kappa shape index (κ2) is 7.45. The van der Waals surface area contributed by atoms with E-state index < -0.39 is 22.2 Å². The van der Waals surface area contributed by atoms with Gasteiger partial charge in [-0.1, -0.05) is 13.8 Å². The van der Waals surface area contributed by atoms with E-state index in [-0.39, 0.29) is 23.0 Å². The molecule has 0 fully saturated rings. The Hall–Kier alpha value is -2.09. The minimum Gasteiger partial charge on any atom is -0.481 e. The van der Waals surface area contributed by atoms with Gasteiger partial charge in [-0.15, -0.1) is 11.8 Å². The van der Waals surface area contributed by atoms with Gasteiger partial charge in [-0.2, -0.15) is 0 Å². The lowest BCUT2D eigenvalue weighted by Gasteiger charge is -2.20. The first-order valence-corrected chi connectivity index (χ1v) is 7.89. The van der Waals surface area contributed by atoms with Gasteiger partial charge in [0.05, 0.1) is 15.9 Å². The summed E-state index contributed by atoms with van der Waals surface area (Å²) in [5, 5.41) is 22.7. The van der Waals surface area contributed by atoms with E-state index in [2.05, 4.69) is 5.32 Å². The zero-order valence-corrected chi connectivity index (χ0v) is 14.3. The summed E-state index contributed by atoms with van der Waals surface area (Å²) >= 11 is 1.41. The molecule has 0 radical (unpaired) electrons. The lowest BCUT2D eigenvalue weighted by Crippen LogP contribution is -2.39. The predicted molar refractivity (Wildman–Crippen MR) is 87.8 cm³/mol. The molecule has 0 aliphatic carbocycles. The first kappa shape index (κ1) is 19.0. The summed E-state index contributed by atoms with van der Waals surface area (Å²) in [7, 11) is 0. The number of carboxylic acids is 1. The Morgan fingerprint density at radius 3 is 2.48 bits per heavy atom. The molecule has 126 valence electrons. The first-order chi connectivity index (χ1) is 10.5. The maximum absolute atomic E-state index is 12.4. The summed E-state index contributed by atoms with van der Waals surface area (Å²) in [6, 6.07) is 4.11. The van der Waals surface area contributed by atoms with Gasteiger partial charge in [0.2, 0.25) is 0 Å². The Morgan fingerprint density at radius 1 is 1.39 bits per heavy atom. The minimum atomic E-state index is -1.12. The van der Waals surface area contributed by atoms with Crippen LogP contribution in [0.2, 0.25) is 0 Å². The molecule has 0 aromatic heterocycles. The zero-order chi connectivity index (χ0) is 17.8. The highest BCUT2D eigenvalue weighted by molar-refractivity contribution is 8.00. The smallest absolute Gasteiger partial charge is 0.310 e. The Labute approximate surface area is 138 Å². The molecule has 8 heteroatoms. The minimum absolute atomic E-state index is 0.0738. The highest BCUT2D eigenvalue weighted by Crippen LogP contribution is 2.29. The Morgan fingerprint density at radius 2 is 2.00 bits per heavy atom. The summed E-state index contributed by atoms with van der Waals surface area (Å²) in [5.41, 5.74) is -1.12. The third-order valence-corrected chi connectivity index (χ3v) is 4.13. The summed E-state index contributed by atoms with van der Waals surface area (Å²) in [5.74, 6) is -1.56. The van der Waals surface area contributed by atoms with Crippen LogP contribution in [-0.4, -0.2) is 33.7 Å². The van der Waals surface area contributed by atoms with Crippen LogP contribution in [0.15, 0.2) is 23.1 Å². The van der Waals surface area contributed by atoms with Crippen LogP contribution in [0.4, 0.5) is 5.69 Å². The number of non-ortho nitro benzene ring substituents is 1. The third kappa shape index (κ3) is 5.24. The average molecular weight is 340 g/mol. The molecule has 23 heavy (non-hydrogen) atoms. The SMILES string of the molecule is CC(C)Sc1ccc([N+](=O)[O-])cc1C(=O)NCC(C)(C)C(=O)O. The van der Waals surface area contributed by atoms with Gasteiger partial charge in [0.25, 0.3) is 11.6 Å². The van der Waals surface area contributed by atoms with Gasteiger partial charge < -0.3 is 10.4 Å². The molecule has 1 aromatic rings. The van der Waals surface area contributed by atoms with Crippen LogP contribution in [0.1, 0.15) is 38.1 Å². The van der Waals surface area contributed by atoms with Crippen molar-refractivity contribution in [3.63, 3.8) is 0 Å². The number of carbonyl (C=O) groups excluding carboxylic acids is 1. The Kier molecular flexibility index (Phi) is 6.14. The van der Waals surface area contributed by atoms with E-state index in [4.69, 9.17) is 5.11 Å². The van der Waals surface area contributed by atoms with Gasteiger partial charge in [0.1, 0.15) is 0 Å². The molecule has 0 aliphatic rings. The summed E-state index contributed by atoms with van der Waals surface area (Å²) < 4.78 is 0. The summed E-state index contributed by atoms with van der Waals surface area (Å²) in [6.45, 7) is 6.80. The normalized spacial score (nSPS) is 11.3. The van der Waals surface area contributed by atoms with Crippen LogP contribution >= 0.6 is 11.8 Å². The van der Waals surface area contributed by atoms with E-state index >= 15 is 0 Å². The number of thioether (sulfide) groups is 1. The van der Waals surface area contributed by atoms with Gasteiger partial charge in [-0.3, -0.25) is 19.7 Å². The molecule has 7 nitrogen and oxygen atoms in total. The number of benzene rings is 1. The number of hydrogen-bond acceptors (Lipinski definition) is 5. The van der Waals surface area contributed by atoms with E-state index in [9.17, 15) is 19.7 Å². The largest absolute Gasteiger partial charge is 0.481 e. The van der Waals surface area contributed by atoms with Crippen molar-refractivity contribution in [1.29, 1.82) is 0 Å². The van der Waals surface area contributed by atoms with Crippen molar-refractivity contribution in [2.75, 3.05) is 6.54 Å². The van der Waals surface area contributed by atoms with Gasteiger partial charge >= 0.3 is 5.97 Å². The molecule has 0 unspecified atom stereocenters. The maximum Gasteiger partial charge on any atom is 0.310 e. The fourth-order valence-electron chi connectivity index (χ4n) is 1.64. The predicted octanol–water partition coefficient (Wildman–Crippen LogP) is 2.94. The monoisotopic (exact) mass is 340 g/mol. The van der Waals surface area contributed by atoms with Crippen molar-refractivity contribution in [3.05, 3.63) is 33.9 Å². The number of nitrogens with zero attached hydrogens (tertiary/aromatic N) is 1. The summed E-state index contributed by atoms with van der Waals surface area (Å²) in [6.07, 6.45) is 0. The molecule has 1 aromatic carbocycles. The Bertz CT molecular complexity index is 628. The van der Waals surface area contributed by atoms with Crippen molar-refractivity contribution < 1.29 is 19.6 Å². The fraction of sp³-hybridized carbons (Fsp3) is 0.467. The lowest BCUT2D eigenvalue weighted by atomic mass is 9.94. The molecule has 0 saturated heterocycles. The summed E-state index contributed by atoms with van der Waals surface area (Å²) in [4.78, 5) is 34.4. The topological polar surface area (TPSA) is 110 Å². The molecule has 0 heterocycles. The van der Waals surface area contributed by atoms with E-state index in [0.717, 1.165) is 0 Å². The fourth-order valence-corrected chi connectivity index (χ4v) is 2.57. The first-order valence-electron chi connectivity index (χ1n) is 7.01. The average Bonchev–Trinajstić information content (AvgIpc) is 2.44. The van der Waals surface area contributed by atoms with E-state index in [0.29, 0.717) is 4.90 Å².